The molecule has 0 saturated heterocycles. The summed E-state index contributed by atoms with van der Waals surface area (Å²) in [6.07, 6.45) is -0.539. The molecule has 0 amide bonds. The minimum absolute atomic E-state index is 0.173. The second-order valence-corrected chi connectivity index (χ2v) is 6.50. The Morgan fingerprint density at radius 2 is 1.95 bits per heavy atom. The van der Waals surface area contributed by atoms with E-state index in [0.717, 1.165) is 6.07 Å². The fraction of sp³-hybridized carbons (Fsp3) is 0.500. The molecule has 0 bridgehead atoms. The average molecular weight is 310 g/mol. The molecule has 8 heteroatoms. The standard InChI is InChI=1S/C12H13F3O4S/c13-12(14,15)20(18,19)10-4-1-7(5-6-16)8-2-3-9(17)11(8)10/h1,4,9,16-17H,2-3,5-6H2/t9-/m0/s1. The number of rotatable bonds is 3. The van der Waals surface area contributed by atoms with Crippen LogP contribution in [0.4, 0.5) is 13.2 Å². The maximum absolute atomic E-state index is 12.7. The molecule has 2 N–H and O–H groups in total. The molecular formula is C12H13F3O4S. The number of sulfone groups is 1. The predicted octanol–water partition coefficient (Wildman–Crippen LogP) is 1.49. The van der Waals surface area contributed by atoms with Gasteiger partial charge in [-0.2, -0.15) is 13.2 Å². The van der Waals surface area contributed by atoms with Gasteiger partial charge in [0.25, 0.3) is 9.84 Å². The van der Waals surface area contributed by atoms with Gasteiger partial charge < -0.3 is 10.2 Å². The van der Waals surface area contributed by atoms with Crippen molar-refractivity contribution in [3.05, 3.63) is 28.8 Å². The lowest BCUT2D eigenvalue weighted by molar-refractivity contribution is -0.0437. The largest absolute Gasteiger partial charge is 0.501 e. The minimum atomic E-state index is -5.49. The minimum Gasteiger partial charge on any atom is -0.396 e. The molecule has 20 heavy (non-hydrogen) atoms. The summed E-state index contributed by atoms with van der Waals surface area (Å²) in [5.74, 6) is 0. The summed E-state index contributed by atoms with van der Waals surface area (Å²) in [6.45, 7) is -0.200. The monoisotopic (exact) mass is 310 g/mol. The number of hydrogen-bond acceptors (Lipinski definition) is 4. The normalized spacial score (nSPS) is 19.1. The van der Waals surface area contributed by atoms with Crippen molar-refractivity contribution < 1.29 is 31.8 Å². The lowest BCUT2D eigenvalue weighted by atomic mass is 10.0. The lowest BCUT2D eigenvalue weighted by Crippen LogP contribution is -2.25. The number of aliphatic hydroxyl groups excluding tert-OH is 2. The average Bonchev–Trinajstić information content (AvgIpc) is 2.71. The fourth-order valence-electron chi connectivity index (χ4n) is 2.49. The quantitative estimate of drug-likeness (QED) is 0.887. The molecular weight excluding hydrogens is 297 g/mol. The van der Waals surface area contributed by atoms with Crippen LogP contribution in [-0.4, -0.2) is 30.7 Å². The van der Waals surface area contributed by atoms with Crippen LogP contribution >= 0.6 is 0 Å². The summed E-state index contributed by atoms with van der Waals surface area (Å²) in [5.41, 5.74) is -4.60. The lowest BCUT2D eigenvalue weighted by Gasteiger charge is -2.16. The maximum Gasteiger partial charge on any atom is 0.501 e. The Morgan fingerprint density at radius 1 is 1.30 bits per heavy atom. The molecule has 1 atom stereocenters. The molecule has 1 aliphatic rings. The van der Waals surface area contributed by atoms with Crippen LogP contribution in [0.2, 0.25) is 0 Å². The van der Waals surface area contributed by atoms with Gasteiger partial charge in [0.15, 0.2) is 0 Å². The van der Waals surface area contributed by atoms with Gasteiger partial charge in [-0.05, 0) is 36.5 Å². The van der Waals surface area contributed by atoms with E-state index in [1.807, 2.05) is 0 Å². The van der Waals surface area contributed by atoms with E-state index in [4.69, 9.17) is 5.11 Å². The van der Waals surface area contributed by atoms with E-state index >= 15 is 0 Å². The van der Waals surface area contributed by atoms with Gasteiger partial charge in [0.05, 0.1) is 11.0 Å². The van der Waals surface area contributed by atoms with Crippen molar-refractivity contribution in [2.75, 3.05) is 6.61 Å². The SMILES string of the molecule is O=S(=O)(c1ccc(CCO)c2c1[C@@H](O)CC2)C(F)(F)F. The molecule has 0 saturated carbocycles. The molecule has 0 aliphatic heterocycles. The van der Waals surface area contributed by atoms with Crippen molar-refractivity contribution in [1.82, 2.24) is 0 Å². The van der Waals surface area contributed by atoms with Gasteiger partial charge in [-0.1, -0.05) is 6.07 Å². The Labute approximate surface area is 113 Å². The third kappa shape index (κ3) is 2.32. The molecule has 0 radical (unpaired) electrons. The maximum atomic E-state index is 12.7. The highest BCUT2D eigenvalue weighted by Crippen LogP contribution is 2.41. The second-order valence-electron chi connectivity index (χ2n) is 4.59. The van der Waals surface area contributed by atoms with Gasteiger partial charge in [-0.15, -0.1) is 0 Å². The molecule has 0 fully saturated rings. The number of alkyl halides is 3. The van der Waals surface area contributed by atoms with E-state index < -0.39 is 26.3 Å². The Morgan fingerprint density at radius 3 is 2.50 bits per heavy atom. The highest BCUT2D eigenvalue weighted by Gasteiger charge is 2.49. The van der Waals surface area contributed by atoms with Crippen LogP contribution in [-0.2, 0) is 22.7 Å². The van der Waals surface area contributed by atoms with Crippen molar-refractivity contribution in [2.24, 2.45) is 0 Å². The molecule has 0 spiro atoms. The molecule has 0 heterocycles. The van der Waals surface area contributed by atoms with E-state index in [2.05, 4.69) is 0 Å². The van der Waals surface area contributed by atoms with Crippen molar-refractivity contribution in [3.8, 4) is 0 Å². The molecule has 0 unspecified atom stereocenters. The first kappa shape index (κ1) is 15.3. The summed E-state index contributed by atoms with van der Waals surface area (Å²) in [5, 5.41) is 18.7. The zero-order valence-corrected chi connectivity index (χ0v) is 11.1. The Bertz CT molecular complexity index is 622. The van der Waals surface area contributed by atoms with E-state index in [-0.39, 0.29) is 25.0 Å². The van der Waals surface area contributed by atoms with E-state index in [1.54, 1.807) is 0 Å². The second kappa shape index (κ2) is 5.01. The van der Waals surface area contributed by atoms with Crippen LogP contribution in [0.15, 0.2) is 17.0 Å². The molecule has 2 rings (SSSR count). The van der Waals surface area contributed by atoms with Crippen LogP contribution in [0.1, 0.15) is 29.2 Å². The zero-order valence-electron chi connectivity index (χ0n) is 10.3. The van der Waals surface area contributed by atoms with E-state index in [1.165, 1.54) is 6.07 Å². The van der Waals surface area contributed by atoms with E-state index in [9.17, 15) is 26.7 Å². The third-order valence-electron chi connectivity index (χ3n) is 3.39. The highest BCUT2D eigenvalue weighted by molar-refractivity contribution is 7.92. The van der Waals surface area contributed by atoms with Crippen LogP contribution in [0.25, 0.3) is 0 Å². The van der Waals surface area contributed by atoms with Gasteiger partial charge in [-0.3, -0.25) is 0 Å². The third-order valence-corrected chi connectivity index (χ3v) is 4.93. The predicted molar refractivity (Wildman–Crippen MR) is 63.8 cm³/mol. The summed E-state index contributed by atoms with van der Waals surface area (Å²) >= 11 is 0. The first-order valence-electron chi connectivity index (χ1n) is 5.95. The van der Waals surface area contributed by atoms with E-state index in [0.29, 0.717) is 17.5 Å². The molecule has 1 aliphatic carbocycles. The first-order chi connectivity index (χ1) is 9.20. The summed E-state index contributed by atoms with van der Waals surface area (Å²) in [6, 6.07) is 2.13. The molecule has 4 nitrogen and oxygen atoms in total. The fourth-order valence-corrected chi connectivity index (χ4v) is 3.53. The summed E-state index contributed by atoms with van der Waals surface area (Å²) < 4.78 is 61.0. The summed E-state index contributed by atoms with van der Waals surface area (Å²) in [7, 11) is -5.49. The van der Waals surface area contributed by atoms with Crippen LogP contribution < -0.4 is 0 Å². The van der Waals surface area contributed by atoms with Crippen LogP contribution in [0, 0.1) is 0 Å². The van der Waals surface area contributed by atoms with Gasteiger partial charge in [0.2, 0.25) is 0 Å². The first-order valence-corrected chi connectivity index (χ1v) is 7.43. The molecule has 1 aromatic rings. The van der Waals surface area contributed by atoms with Crippen molar-refractivity contribution in [2.45, 2.75) is 35.8 Å². The number of fused-ring (bicyclic) bond motifs is 1. The number of aliphatic hydroxyl groups is 2. The smallest absolute Gasteiger partial charge is 0.396 e. The number of benzene rings is 1. The number of halogens is 3. The van der Waals surface area contributed by atoms with Gasteiger partial charge in [0.1, 0.15) is 0 Å². The van der Waals surface area contributed by atoms with Gasteiger partial charge in [-0.25, -0.2) is 8.42 Å². The molecule has 112 valence electrons. The summed E-state index contributed by atoms with van der Waals surface area (Å²) in [4.78, 5) is -0.883. The van der Waals surface area contributed by atoms with Crippen molar-refractivity contribution >= 4 is 9.84 Å². The molecule has 1 aromatic carbocycles. The topological polar surface area (TPSA) is 74.6 Å². The van der Waals surface area contributed by atoms with Gasteiger partial charge >= 0.3 is 5.51 Å². The highest BCUT2D eigenvalue weighted by atomic mass is 32.2. The number of hydrogen-bond donors (Lipinski definition) is 2. The van der Waals surface area contributed by atoms with Crippen molar-refractivity contribution in [3.63, 3.8) is 0 Å². The Kier molecular flexibility index (Phi) is 3.83. The molecule has 0 aromatic heterocycles. The zero-order chi connectivity index (χ0) is 15.1. The van der Waals surface area contributed by atoms with Crippen molar-refractivity contribution in [1.29, 1.82) is 0 Å². The van der Waals surface area contributed by atoms with Crippen LogP contribution in [0.5, 0.6) is 0 Å². The van der Waals surface area contributed by atoms with Crippen LogP contribution in [0.3, 0.4) is 0 Å². The van der Waals surface area contributed by atoms with Gasteiger partial charge in [0, 0.05) is 12.2 Å². The Balaban J connectivity index is 2.67. The Hall–Kier alpha value is -1.12.